The Hall–Kier alpha value is -2.43. The van der Waals surface area contributed by atoms with Crippen molar-refractivity contribution in [1.82, 2.24) is 14.7 Å². The van der Waals surface area contributed by atoms with E-state index in [-0.39, 0.29) is 16.5 Å². The van der Waals surface area contributed by atoms with Crippen LogP contribution in [0.5, 0.6) is 5.75 Å². The third-order valence-electron chi connectivity index (χ3n) is 9.45. The molecule has 2 aromatic rings. The molecular weight excluding hydrogens is 448 g/mol. The molecule has 3 aliphatic rings. The predicted octanol–water partition coefficient (Wildman–Crippen LogP) is 4.55. The van der Waals surface area contributed by atoms with Crippen LogP contribution in [0.1, 0.15) is 56.1 Å². The molecule has 192 valence electrons. The summed E-state index contributed by atoms with van der Waals surface area (Å²) in [4.78, 5) is 6.91. The van der Waals surface area contributed by atoms with E-state index in [1.807, 2.05) is 12.1 Å². The van der Waals surface area contributed by atoms with Crippen LogP contribution in [0.15, 0.2) is 54.6 Å². The van der Waals surface area contributed by atoms with Gasteiger partial charge >= 0.3 is 0 Å². The van der Waals surface area contributed by atoms with Gasteiger partial charge in [0, 0.05) is 30.7 Å². The molecule has 1 atom stereocenters. The van der Waals surface area contributed by atoms with E-state index in [1.165, 1.54) is 5.56 Å². The fourth-order valence-electron chi connectivity index (χ4n) is 6.90. The Balaban J connectivity index is 1.42. The number of nitrogens with zero attached hydrogens (tertiary/aromatic N) is 4. The van der Waals surface area contributed by atoms with Crippen molar-refractivity contribution < 1.29 is 9.84 Å². The second-order valence-electron chi connectivity index (χ2n) is 11.5. The minimum atomic E-state index is -0.679. The zero-order valence-corrected chi connectivity index (χ0v) is 22.0. The summed E-state index contributed by atoms with van der Waals surface area (Å²) in [6.45, 7) is 2.16. The number of hydrogen-bond donors (Lipinski definition) is 1. The fourth-order valence-corrected chi connectivity index (χ4v) is 6.90. The minimum absolute atomic E-state index is 0.00405. The zero-order valence-electron chi connectivity index (χ0n) is 22.0. The van der Waals surface area contributed by atoms with Gasteiger partial charge in [-0.2, -0.15) is 5.26 Å². The van der Waals surface area contributed by atoms with E-state index in [0.29, 0.717) is 13.1 Å². The van der Waals surface area contributed by atoms with Gasteiger partial charge in [-0.15, -0.1) is 0 Å². The Kier molecular flexibility index (Phi) is 6.86. The van der Waals surface area contributed by atoms with Crippen molar-refractivity contribution in [2.24, 2.45) is 5.41 Å². The summed E-state index contributed by atoms with van der Waals surface area (Å²) < 4.78 is 5.32. The quantitative estimate of drug-likeness (QED) is 0.617. The number of hydrogen-bond acceptors (Lipinski definition) is 6. The largest absolute Gasteiger partial charge is 0.497 e. The van der Waals surface area contributed by atoms with Crippen LogP contribution in [0.25, 0.3) is 0 Å². The van der Waals surface area contributed by atoms with Crippen molar-refractivity contribution in [3.8, 4) is 11.8 Å². The van der Waals surface area contributed by atoms with Gasteiger partial charge in [-0.1, -0.05) is 48.9 Å². The second-order valence-corrected chi connectivity index (χ2v) is 11.5. The molecular formula is C30H40N4O2. The number of rotatable bonds is 7. The molecule has 1 heterocycles. The first-order valence-electron chi connectivity index (χ1n) is 13.3. The van der Waals surface area contributed by atoms with E-state index in [0.717, 1.165) is 62.8 Å². The van der Waals surface area contributed by atoms with Gasteiger partial charge in [0.2, 0.25) is 0 Å². The molecule has 0 amide bonds. The highest BCUT2D eigenvalue weighted by molar-refractivity contribution is 5.29. The number of aliphatic hydroxyl groups is 1. The first-order chi connectivity index (χ1) is 17.4. The van der Waals surface area contributed by atoms with Crippen molar-refractivity contribution in [3.63, 3.8) is 0 Å². The monoisotopic (exact) mass is 488 g/mol. The summed E-state index contributed by atoms with van der Waals surface area (Å²) >= 11 is 0. The van der Waals surface area contributed by atoms with Crippen LogP contribution in [0, 0.1) is 16.7 Å². The van der Waals surface area contributed by atoms with Gasteiger partial charge in [-0.25, -0.2) is 0 Å². The maximum absolute atomic E-state index is 11.7. The van der Waals surface area contributed by atoms with E-state index in [2.05, 4.69) is 77.3 Å². The predicted molar refractivity (Wildman–Crippen MR) is 141 cm³/mol. The summed E-state index contributed by atoms with van der Waals surface area (Å²) in [5.41, 5.74) is 2.08. The molecule has 1 aliphatic heterocycles. The van der Waals surface area contributed by atoms with E-state index in [9.17, 15) is 10.4 Å². The third kappa shape index (κ3) is 4.33. The molecule has 1 unspecified atom stereocenters. The average molecular weight is 489 g/mol. The molecule has 3 fully saturated rings. The highest BCUT2D eigenvalue weighted by Gasteiger charge is 2.56. The van der Waals surface area contributed by atoms with Gasteiger partial charge in [0.1, 0.15) is 5.75 Å². The molecule has 1 spiro atoms. The van der Waals surface area contributed by atoms with Gasteiger partial charge in [-0.05, 0) is 75.9 Å². The molecule has 0 radical (unpaired) electrons. The Morgan fingerprint density at radius 3 is 2.19 bits per heavy atom. The summed E-state index contributed by atoms with van der Waals surface area (Å²) in [6.07, 6.45) is 6.36. The molecule has 2 aromatic carbocycles. The lowest BCUT2D eigenvalue weighted by Crippen LogP contribution is -2.58. The lowest BCUT2D eigenvalue weighted by Gasteiger charge is -2.53. The number of nitriles is 1. The molecule has 5 rings (SSSR count). The number of benzene rings is 2. The van der Waals surface area contributed by atoms with Crippen LogP contribution in [0.3, 0.4) is 0 Å². The van der Waals surface area contributed by atoms with Crippen LogP contribution in [0.2, 0.25) is 0 Å². The zero-order chi connectivity index (χ0) is 25.4. The topological polar surface area (TPSA) is 63.0 Å². The van der Waals surface area contributed by atoms with Crippen molar-refractivity contribution in [3.05, 3.63) is 65.7 Å². The molecule has 0 aromatic heterocycles. The summed E-state index contributed by atoms with van der Waals surface area (Å²) in [5.74, 6) is 0.841. The van der Waals surface area contributed by atoms with E-state index in [1.54, 1.807) is 7.11 Å². The van der Waals surface area contributed by atoms with Crippen LogP contribution >= 0.6 is 0 Å². The summed E-state index contributed by atoms with van der Waals surface area (Å²) in [5, 5.41) is 21.7. The van der Waals surface area contributed by atoms with E-state index in [4.69, 9.17) is 4.74 Å². The fraction of sp³-hybridized carbons (Fsp3) is 0.567. The van der Waals surface area contributed by atoms with Gasteiger partial charge < -0.3 is 9.84 Å². The number of methoxy groups -OCH3 is 1. The average Bonchev–Trinajstić information content (AvgIpc) is 3.12. The highest BCUT2D eigenvalue weighted by atomic mass is 16.5. The maximum atomic E-state index is 11.7. The van der Waals surface area contributed by atoms with Crippen molar-refractivity contribution >= 4 is 0 Å². The van der Waals surface area contributed by atoms with Crippen LogP contribution in [0.4, 0.5) is 0 Å². The van der Waals surface area contributed by atoms with Crippen molar-refractivity contribution in [2.75, 3.05) is 34.3 Å². The molecule has 36 heavy (non-hydrogen) atoms. The Morgan fingerprint density at radius 2 is 1.67 bits per heavy atom. The van der Waals surface area contributed by atoms with Crippen LogP contribution in [-0.2, 0) is 12.1 Å². The molecule has 2 saturated carbocycles. The SMILES string of the molecule is COc1ccc(CN2C[C@]3(CC[C@](c4ccccc4)(N(C)C)CC3)N(CC3(C#N)CCC3)C2O)cc1. The molecule has 6 nitrogen and oxygen atoms in total. The summed E-state index contributed by atoms with van der Waals surface area (Å²) in [6, 6.07) is 21.6. The Labute approximate surface area is 216 Å². The Bertz CT molecular complexity index is 1070. The molecule has 6 heteroatoms. The normalized spacial score (nSPS) is 30.3. The summed E-state index contributed by atoms with van der Waals surface area (Å²) in [7, 11) is 6.07. The standard InChI is InChI=1S/C30H40N4O2/c1-32(2)30(25-8-5-4-6-9-25)18-16-29(17-19-30)23-33(20-24-10-12-26(36-3)13-11-24)27(35)34(29)22-28(21-31)14-7-15-28/h4-6,8-13,27,35H,7,14-20,22-23H2,1-3H3/t27?,29-,30+. The van der Waals surface area contributed by atoms with E-state index < -0.39 is 6.35 Å². The van der Waals surface area contributed by atoms with Crippen molar-refractivity contribution in [1.29, 1.82) is 5.26 Å². The van der Waals surface area contributed by atoms with Crippen molar-refractivity contribution in [2.45, 2.75) is 68.9 Å². The molecule has 0 bridgehead atoms. The third-order valence-corrected chi connectivity index (χ3v) is 9.45. The van der Waals surface area contributed by atoms with Crippen LogP contribution in [-0.4, -0.2) is 66.0 Å². The van der Waals surface area contributed by atoms with Gasteiger partial charge in [-0.3, -0.25) is 14.7 Å². The number of aliphatic hydroxyl groups excluding tert-OH is 1. The lowest BCUT2D eigenvalue weighted by molar-refractivity contribution is -0.111. The molecule has 1 N–H and O–H groups in total. The first kappa shape index (κ1) is 25.2. The minimum Gasteiger partial charge on any atom is -0.497 e. The van der Waals surface area contributed by atoms with Gasteiger partial charge in [0.25, 0.3) is 0 Å². The van der Waals surface area contributed by atoms with Gasteiger partial charge in [0.05, 0.1) is 18.6 Å². The smallest absolute Gasteiger partial charge is 0.166 e. The highest BCUT2D eigenvalue weighted by Crippen LogP contribution is 2.52. The lowest BCUT2D eigenvalue weighted by atomic mass is 9.66. The first-order valence-corrected chi connectivity index (χ1v) is 13.3. The molecule has 2 aliphatic carbocycles. The molecule has 1 saturated heterocycles. The maximum Gasteiger partial charge on any atom is 0.166 e. The second kappa shape index (κ2) is 9.79. The van der Waals surface area contributed by atoms with Crippen LogP contribution < -0.4 is 4.74 Å². The van der Waals surface area contributed by atoms with Gasteiger partial charge in [0.15, 0.2) is 6.35 Å². The van der Waals surface area contributed by atoms with E-state index >= 15 is 0 Å². The Morgan fingerprint density at radius 1 is 1.00 bits per heavy atom. The number of ether oxygens (including phenoxy) is 1.